The number of nitrogens with zero attached hydrogens (tertiary/aromatic N) is 4. The van der Waals surface area contributed by atoms with Gasteiger partial charge in [0.1, 0.15) is 0 Å². The van der Waals surface area contributed by atoms with Crippen LogP contribution >= 0.6 is 11.8 Å². The van der Waals surface area contributed by atoms with E-state index < -0.39 is 6.03 Å². The van der Waals surface area contributed by atoms with Crippen LogP contribution in [0.2, 0.25) is 0 Å². The van der Waals surface area contributed by atoms with Gasteiger partial charge in [0, 0.05) is 30.0 Å². The molecule has 0 spiro atoms. The van der Waals surface area contributed by atoms with Crippen molar-refractivity contribution >= 4 is 23.7 Å². The number of thioether (sulfide) groups is 1. The molecule has 3 amide bonds. The van der Waals surface area contributed by atoms with Crippen LogP contribution in [0.3, 0.4) is 0 Å². The van der Waals surface area contributed by atoms with Gasteiger partial charge < -0.3 is 5.32 Å². The minimum Gasteiger partial charge on any atom is -0.335 e. The van der Waals surface area contributed by atoms with Gasteiger partial charge in [-0.1, -0.05) is 31.0 Å². The molecule has 0 unspecified atom stereocenters. The average Bonchev–Trinajstić information content (AvgIpc) is 3.46. The van der Waals surface area contributed by atoms with Crippen LogP contribution < -0.4 is 10.6 Å². The zero-order chi connectivity index (χ0) is 19.3. The normalized spacial score (nSPS) is 17.3. The number of urea groups is 1. The Balaban J connectivity index is 1.34. The second-order valence-corrected chi connectivity index (χ2v) is 8.23. The molecular formula is C19H24N6O2S. The number of aromatic nitrogens is 4. The number of pyridine rings is 1. The van der Waals surface area contributed by atoms with Crippen molar-refractivity contribution in [3.63, 3.8) is 0 Å². The van der Waals surface area contributed by atoms with Crippen LogP contribution in [0.4, 0.5) is 4.79 Å². The Labute approximate surface area is 167 Å². The van der Waals surface area contributed by atoms with Gasteiger partial charge in [0.15, 0.2) is 11.0 Å². The molecule has 148 valence electrons. The number of imide groups is 1. The molecule has 2 aromatic heterocycles. The molecule has 2 aromatic rings. The quantitative estimate of drug-likeness (QED) is 0.723. The zero-order valence-electron chi connectivity index (χ0n) is 15.6. The van der Waals surface area contributed by atoms with E-state index in [9.17, 15) is 9.59 Å². The lowest BCUT2D eigenvalue weighted by Gasteiger charge is -2.22. The Morgan fingerprint density at radius 2 is 1.82 bits per heavy atom. The highest BCUT2D eigenvalue weighted by molar-refractivity contribution is 7.99. The highest BCUT2D eigenvalue weighted by Crippen LogP contribution is 2.40. The summed E-state index contributed by atoms with van der Waals surface area (Å²) in [5, 5.41) is 14.6. The molecule has 2 heterocycles. The summed E-state index contributed by atoms with van der Waals surface area (Å²) in [5.41, 5.74) is 0.956. The van der Waals surface area contributed by atoms with Crippen LogP contribution in [-0.2, 0) is 4.79 Å². The van der Waals surface area contributed by atoms with Crippen molar-refractivity contribution in [1.82, 2.24) is 30.4 Å². The van der Waals surface area contributed by atoms with Gasteiger partial charge in [-0.3, -0.25) is 19.7 Å². The average molecular weight is 401 g/mol. The van der Waals surface area contributed by atoms with Crippen molar-refractivity contribution in [2.45, 2.75) is 62.2 Å². The van der Waals surface area contributed by atoms with Gasteiger partial charge in [-0.15, -0.1) is 10.2 Å². The Morgan fingerprint density at radius 1 is 1.07 bits per heavy atom. The van der Waals surface area contributed by atoms with E-state index in [1.165, 1.54) is 18.2 Å². The lowest BCUT2D eigenvalue weighted by atomic mass is 9.96. The van der Waals surface area contributed by atoms with Crippen LogP contribution in [0.5, 0.6) is 0 Å². The third-order valence-corrected chi connectivity index (χ3v) is 5.98. The summed E-state index contributed by atoms with van der Waals surface area (Å²) in [4.78, 5) is 28.2. The standard InChI is InChI=1S/C19H24N6O2S/c26-16(22-18(27)21-14-4-2-1-3-5-14)12-28-19-24-23-17(25(19)15-6-7-15)13-8-10-20-11-9-13/h8-11,14-15H,1-7,12H2,(H2,21,22,26,27). The van der Waals surface area contributed by atoms with Crippen molar-refractivity contribution in [3.8, 4) is 11.4 Å². The third-order valence-electron chi connectivity index (χ3n) is 5.04. The van der Waals surface area contributed by atoms with Gasteiger partial charge in [0.05, 0.1) is 5.75 Å². The van der Waals surface area contributed by atoms with Crippen LogP contribution in [0.25, 0.3) is 11.4 Å². The van der Waals surface area contributed by atoms with Gasteiger partial charge in [-0.2, -0.15) is 0 Å². The maximum absolute atomic E-state index is 12.2. The van der Waals surface area contributed by atoms with Crippen LogP contribution in [0.15, 0.2) is 29.7 Å². The first-order valence-electron chi connectivity index (χ1n) is 9.79. The number of hydrogen-bond donors (Lipinski definition) is 2. The van der Waals surface area contributed by atoms with E-state index in [2.05, 4.69) is 30.4 Å². The maximum Gasteiger partial charge on any atom is 0.321 e. The molecule has 0 radical (unpaired) electrons. The number of carbonyl (C=O) groups excluding carboxylic acids is 2. The van der Waals surface area contributed by atoms with Crippen molar-refractivity contribution in [2.75, 3.05) is 5.75 Å². The molecule has 0 aromatic carbocycles. The first-order chi connectivity index (χ1) is 13.7. The van der Waals surface area contributed by atoms with E-state index in [0.29, 0.717) is 11.2 Å². The second kappa shape index (κ2) is 8.72. The lowest BCUT2D eigenvalue weighted by Crippen LogP contribution is -2.45. The SMILES string of the molecule is O=C(CSc1nnc(-c2ccncc2)n1C1CC1)NC(=O)NC1CCCCC1. The molecule has 0 bridgehead atoms. The van der Waals surface area contributed by atoms with Crippen molar-refractivity contribution in [2.24, 2.45) is 0 Å². The van der Waals surface area contributed by atoms with E-state index >= 15 is 0 Å². The molecule has 2 fully saturated rings. The van der Waals surface area contributed by atoms with Crippen LogP contribution in [-0.4, -0.2) is 43.5 Å². The molecule has 28 heavy (non-hydrogen) atoms. The fraction of sp³-hybridized carbons (Fsp3) is 0.526. The van der Waals surface area contributed by atoms with Gasteiger partial charge in [0.25, 0.3) is 0 Å². The van der Waals surface area contributed by atoms with E-state index in [1.807, 2.05) is 12.1 Å². The van der Waals surface area contributed by atoms with Crippen LogP contribution in [0, 0.1) is 0 Å². The molecule has 4 rings (SSSR count). The summed E-state index contributed by atoms with van der Waals surface area (Å²) in [7, 11) is 0. The van der Waals surface area contributed by atoms with E-state index in [-0.39, 0.29) is 17.7 Å². The molecule has 0 atom stereocenters. The predicted molar refractivity (Wildman–Crippen MR) is 106 cm³/mol. The smallest absolute Gasteiger partial charge is 0.321 e. The fourth-order valence-electron chi connectivity index (χ4n) is 3.50. The van der Waals surface area contributed by atoms with Crippen LogP contribution in [0.1, 0.15) is 51.0 Å². The monoisotopic (exact) mass is 400 g/mol. The first kappa shape index (κ1) is 18.9. The van der Waals surface area contributed by atoms with E-state index in [0.717, 1.165) is 49.9 Å². The second-order valence-electron chi connectivity index (χ2n) is 7.29. The van der Waals surface area contributed by atoms with Crippen molar-refractivity contribution in [3.05, 3.63) is 24.5 Å². The molecule has 9 heteroatoms. The highest BCUT2D eigenvalue weighted by Gasteiger charge is 2.30. The first-order valence-corrected chi connectivity index (χ1v) is 10.8. The topological polar surface area (TPSA) is 102 Å². The van der Waals surface area contributed by atoms with Gasteiger partial charge in [0.2, 0.25) is 5.91 Å². The zero-order valence-corrected chi connectivity index (χ0v) is 16.5. The summed E-state index contributed by atoms with van der Waals surface area (Å²) in [6.07, 6.45) is 11.1. The summed E-state index contributed by atoms with van der Waals surface area (Å²) < 4.78 is 2.09. The number of carbonyl (C=O) groups is 2. The van der Waals surface area contributed by atoms with Crippen molar-refractivity contribution < 1.29 is 9.59 Å². The number of rotatable bonds is 6. The molecule has 0 aliphatic heterocycles. The molecule has 8 nitrogen and oxygen atoms in total. The maximum atomic E-state index is 12.2. The number of nitrogens with one attached hydrogen (secondary N) is 2. The van der Waals surface area contributed by atoms with Crippen molar-refractivity contribution in [1.29, 1.82) is 0 Å². The largest absolute Gasteiger partial charge is 0.335 e. The molecule has 2 aliphatic carbocycles. The molecule has 2 N–H and O–H groups in total. The molecule has 2 saturated carbocycles. The summed E-state index contributed by atoms with van der Waals surface area (Å²) in [6, 6.07) is 3.95. The third kappa shape index (κ3) is 4.70. The highest BCUT2D eigenvalue weighted by atomic mass is 32.2. The van der Waals surface area contributed by atoms with Gasteiger partial charge >= 0.3 is 6.03 Å². The lowest BCUT2D eigenvalue weighted by molar-refractivity contribution is -0.117. The van der Waals surface area contributed by atoms with E-state index in [4.69, 9.17) is 0 Å². The Morgan fingerprint density at radius 3 is 2.54 bits per heavy atom. The number of hydrogen-bond acceptors (Lipinski definition) is 6. The Kier molecular flexibility index (Phi) is 5.90. The molecule has 0 saturated heterocycles. The fourth-order valence-corrected chi connectivity index (χ4v) is 4.30. The molecular weight excluding hydrogens is 376 g/mol. The molecule has 2 aliphatic rings. The predicted octanol–water partition coefficient (Wildman–Crippen LogP) is 2.93. The van der Waals surface area contributed by atoms with E-state index in [1.54, 1.807) is 12.4 Å². The summed E-state index contributed by atoms with van der Waals surface area (Å²) in [5.74, 6) is 0.594. The van der Waals surface area contributed by atoms with Gasteiger partial charge in [-0.05, 0) is 37.8 Å². The Hall–Kier alpha value is -2.42. The Bertz CT molecular complexity index is 830. The minimum absolute atomic E-state index is 0.124. The number of amides is 3. The summed E-state index contributed by atoms with van der Waals surface area (Å²) in [6.45, 7) is 0. The van der Waals surface area contributed by atoms with Gasteiger partial charge in [-0.25, -0.2) is 4.79 Å². The minimum atomic E-state index is -0.404. The summed E-state index contributed by atoms with van der Waals surface area (Å²) >= 11 is 1.31.